The summed E-state index contributed by atoms with van der Waals surface area (Å²) in [4.78, 5) is 27.1. The van der Waals surface area contributed by atoms with Gasteiger partial charge in [0.1, 0.15) is 0 Å². The predicted molar refractivity (Wildman–Crippen MR) is 89.1 cm³/mol. The van der Waals surface area contributed by atoms with E-state index in [9.17, 15) is 9.59 Å². The molecule has 21 heavy (non-hydrogen) atoms. The number of amides is 1. The van der Waals surface area contributed by atoms with Crippen LogP contribution in [0.4, 0.5) is 0 Å². The molecule has 0 unspecified atom stereocenters. The van der Waals surface area contributed by atoms with Crippen molar-refractivity contribution < 1.29 is 4.79 Å². The van der Waals surface area contributed by atoms with Crippen LogP contribution >= 0.6 is 46.2 Å². The third-order valence-corrected chi connectivity index (χ3v) is 7.74. The summed E-state index contributed by atoms with van der Waals surface area (Å²) >= 11 is 5.77. The summed E-state index contributed by atoms with van der Waals surface area (Å²) in [5.74, 6) is 1.12. The zero-order valence-corrected chi connectivity index (χ0v) is 13.8. The number of hydrogen-bond donors (Lipinski definition) is 1. The molecule has 0 aliphatic carbocycles. The topological polar surface area (TPSA) is 71.4 Å². The first-order valence-corrected chi connectivity index (χ1v) is 9.48. The van der Waals surface area contributed by atoms with Gasteiger partial charge in [0.25, 0.3) is 9.96 Å². The Labute approximate surface area is 136 Å². The Bertz CT molecular complexity index is 708. The minimum atomic E-state index is -0.247. The highest BCUT2D eigenvalue weighted by Crippen LogP contribution is 2.39. The summed E-state index contributed by atoms with van der Waals surface area (Å²) in [5.41, 5.74) is 3.99. The van der Waals surface area contributed by atoms with Crippen LogP contribution in [0.25, 0.3) is 0 Å². The normalized spacial score (nSPS) is 14.2. The van der Waals surface area contributed by atoms with Gasteiger partial charge in [-0.05, 0) is 12.1 Å². The number of nitrogens with one attached hydrogen (secondary N) is 1. The maximum Gasteiger partial charge on any atom is 0.289 e. The van der Waals surface area contributed by atoms with Gasteiger partial charge in [-0.2, -0.15) is 5.10 Å². The van der Waals surface area contributed by atoms with E-state index in [2.05, 4.69) is 15.5 Å². The molecule has 0 aromatic carbocycles. The SMILES string of the molecule is O=C(NN=C1CSc2sc(=O)sc2SC1)c1ccncc1. The van der Waals surface area contributed by atoms with Crippen molar-refractivity contribution in [3.8, 4) is 0 Å². The lowest BCUT2D eigenvalue weighted by atomic mass is 10.3. The minimum absolute atomic E-state index is 0.131. The predicted octanol–water partition coefficient (Wildman–Crippen LogP) is 2.55. The number of thioether (sulfide) groups is 2. The molecule has 0 radical (unpaired) electrons. The molecule has 1 amide bonds. The Morgan fingerprint density at radius 3 is 2.38 bits per heavy atom. The van der Waals surface area contributed by atoms with Crippen molar-refractivity contribution in [1.29, 1.82) is 0 Å². The number of rotatable bonds is 2. The third-order valence-electron chi connectivity index (χ3n) is 2.52. The zero-order chi connectivity index (χ0) is 14.7. The van der Waals surface area contributed by atoms with Gasteiger partial charge in [-0.3, -0.25) is 14.6 Å². The van der Waals surface area contributed by atoms with Crippen molar-refractivity contribution in [3.63, 3.8) is 0 Å². The second-order valence-electron chi connectivity index (χ2n) is 3.96. The van der Waals surface area contributed by atoms with Gasteiger partial charge in [0.2, 0.25) is 0 Å². The van der Waals surface area contributed by atoms with Crippen molar-refractivity contribution >= 4 is 57.8 Å². The molecule has 5 nitrogen and oxygen atoms in total. The number of pyridine rings is 1. The summed E-state index contributed by atoms with van der Waals surface area (Å²) in [5, 5.41) is 4.19. The molecule has 0 spiro atoms. The average molecular weight is 355 g/mol. The lowest BCUT2D eigenvalue weighted by molar-refractivity contribution is 0.0954. The molecule has 1 aliphatic heterocycles. The molecule has 108 valence electrons. The zero-order valence-electron chi connectivity index (χ0n) is 10.6. The molecule has 0 atom stereocenters. The highest BCUT2D eigenvalue weighted by atomic mass is 32.2. The van der Waals surface area contributed by atoms with Gasteiger partial charge in [-0.1, -0.05) is 22.7 Å². The highest BCUT2D eigenvalue weighted by molar-refractivity contribution is 8.06. The van der Waals surface area contributed by atoms with Gasteiger partial charge in [0, 0.05) is 29.5 Å². The summed E-state index contributed by atoms with van der Waals surface area (Å²) in [6, 6.07) is 3.28. The maximum absolute atomic E-state index is 11.9. The molecule has 1 N–H and O–H groups in total. The van der Waals surface area contributed by atoms with E-state index in [1.807, 2.05) is 0 Å². The van der Waals surface area contributed by atoms with Crippen LogP contribution in [-0.4, -0.2) is 28.1 Å². The van der Waals surface area contributed by atoms with Crippen LogP contribution in [0.15, 0.2) is 42.8 Å². The molecule has 2 aromatic rings. The fourth-order valence-corrected chi connectivity index (χ4v) is 6.77. The van der Waals surface area contributed by atoms with Crippen LogP contribution in [0, 0.1) is 0 Å². The molecule has 1 aliphatic rings. The monoisotopic (exact) mass is 355 g/mol. The average Bonchev–Trinajstić information content (AvgIpc) is 2.76. The van der Waals surface area contributed by atoms with Crippen LogP contribution < -0.4 is 9.48 Å². The summed E-state index contributed by atoms with van der Waals surface area (Å²) in [6.07, 6.45) is 3.14. The number of aromatic nitrogens is 1. The highest BCUT2D eigenvalue weighted by Gasteiger charge is 2.17. The van der Waals surface area contributed by atoms with Crippen molar-refractivity contribution in [2.75, 3.05) is 11.5 Å². The van der Waals surface area contributed by atoms with Gasteiger partial charge in [0.15, 0.2) is 0 Å². The van der Waals surface area contributed by atoms with E-state index in [-0.39, 0.29) is 9.96 Å². The lowest BCUT2D eigenvalue weighted by Crippen LogP contribution is -2.21. The van der Waals surface area contributed by atoms with E-state index in [4.69, 9.17) is 0 Å². The number of carbonyl (C=O) groups is 1. The van der Waals surface area contributed by atoms with Crippen LogP contribution in [0.5, 0.6) is 0 Å². The van der Waals surface area contributed by atoms with Gasteiger partial charge < -0.3 is 0 Å². The molecular formula is C12H9N3O2S4. The lowest BCUT2D eigenvalue weighted by Gasteiger charge is -2.03. The summed E-state index contributed by atoms with van der Waals surface area (Å²) < 4.78 is 2.24. The first-order valence-electron chi connectivity index (χ1n) is 5.88. The van der Waals surface area contributed by atoms with Crippen LogP contribution in [0.3, 0.4) is 0 Å². The van der Waals surface area contributed by atoms with Gasteiger partial charge >= 0.3 is 0 Å². The molecule has 0 bridgehead atoms. The largest absolute Gasteiger partial charge is 0.289 e. The molecular weight excluding hydrogens is 346 g/mol. The molecule has 0 fully saturated rings. The Balaban J connectivity index is 1.64. The van der Waals surface area contributed by atoms with Crippen molar-refractivity contribution in [3.05, 3.63) is 38.9 Å². The number of hydrazone groups is 1. The van der Waals surface area contributed by atoms with Crippen molar-refractivity contribution in [2.24, 2.45) is 5.10 Å². The smallest absolute Gasteiger partial charge is 0.267 e. The minimum Gasteiger partial charge on any atom is -0.267 e. The van der Waals surface area contributed by atoms with E-state index in [0.717, 1.165) is 14.1 Å². The van der Waals surface area contributed by atoms with Crippen molar-refractivity contribution in [1.82, 2.24) is 10.4 Å². The summed E-state index contributed by atoms with van der Waals surface area (Å²) in [6.45, 7) is 0. The maximum atomic E-state index is 11.9. The van der Waals surface area contributed by atoms with Gasteiger partial charge in [-0.15, -0.1) is 23.5 Å². The van der Waals surface area contributed by atoms with Crippen LogP contribution in [-0.2, 0) is 0 Å². The number of hydrogen-bond acceptors (Lipinski definition) is 8. The van der Waals surface area contributed by atoms with Gasteiger partial charge in [0.05, 0.1) is 14.1 Å². The fraction of sp³-hybridized carbons (Fsp3) is 0.167. The van der Waals surface area contributed by atoms with Crippen molar-refractivity contribution in [2.45, 2.75) is 8.42 Å². The molecule has 3 heterocycles. The first-order chi connectivity index (χ1) is 10.2. The molecule has 0 saturated heterocycles. The molecule has 3 rings (SSSR count). The second-order valence-corrected chi connectivity index (χ2v) is 8.67. The van der Waals surface area contributed by atoms with Crippen LogP contribution in [0.2, 0.25) is 0 Å². The van der Waals surface area contributed by atoms with E-state index >= 15 is 0 Å². The Morgan fingerprint density at radius 1 is 1.14 bits per heavy atom. The van der Waals surface area contributed by atoms with E-state index in [0.29, 0.717) is 17.1 Å². The number of nitrogens with zero attached hydrogens (tertiary/aromatic N) is 2. The summed E-state index contributed by atoms with van der Waals surface area (Å²) in [7, 11) is 0. The van der Waals surface area contributed by atoms with E-state index in [1.54, 1.807) is 48.1 Å². The molecule has 9 heteroatoms. The molecule has 0 saturated carbocycles. The second kappa shape index (κ2) is 6.73. The van der Waals surface area contributed by atoms with E-state index in [1.165, 1.54) is 22.7 Å². The molecule has 2 aromatic heterocycles. The number of carbonyl (C=O) groups excluding carboxylic acids is 1. The first kappa shape index (κ1) is 14.8. The standard InChI is InChI=1S/C12H9N3O2S4/c16-9(7-1-3-13-4-2-7)15-14-8-5-18-10-11(19-6-8)21-12(17)20-10/h1-4H,5-6H2,(H,15,16). The van der Waals surface area contributed by atoms with E-state index < -0.39 is 0 Å². The Morgan fingerprint density at radius 2 is 1.76 bits per heavy atom. The fourth-order valence-electron chi connectivity index (χ4n) is 1.53. The Hall–Kier alpha value is -1.16. The van der Waals surface area contributed by atoms with Gasteiger partial charge in [-0.25, -0.2) is 5.43 Å². The van der Waals surface area contributed by atoms with Crippen LogP contribution in [0.1, 0.15) is 10.4 Å². The third kappa shape index (κ3) is 3.73. The Kier molecular flexibility index (Phi) is 4.73. The quantitative estimate of drug-likeness (QED) is 0.838. The number of fused-ring (bicyclic) bond motifs is 1.